The largest absolute Gasteiger partial charge is 0.491 e. The smallest absolute Gasteiger partial charge is 0.282 e. The normalized spacial score (nSPS) is 14.2. The molecule has 6 nitrogen and oxygen atoms in total. The molecule has 0 fully saturated rings. The SMILES string of the molecule is CC(C)Oc1ccc(C2=C(N(C)CCO)C(=O)N(c3cc(F)ccc3F)C2=O)cc1. The number of hydrogen-bond donors (Lipinski definition) is 1. The maximum atomic E-state index is 14.3. The monoisotopic (exact) mass is 416 g/mol. The van der Waals surface area contributed by atoms with Gasteiger partial charge in [0.15, 0.2) is 0 Å². The number of nitrogens with zero attached hydrogens (tertiary/aromatic N) is 2. The number of aliphatic hydroxyl groups is 1. The summed E-state index contributed by atoms with van der Waals surface area (Å²) < 4.78 is 33.7. The van der Waals surface area contributed by atoms with Gasteiger partial charge < -0.3 is 14.7 Å². The molecular formula is C22H22F2N2O4. The summed E-state index contributed by atoms with van der Waals surface area (Å²) in [5.41, 5.74) is -0.0100. The number of amides is 2. The van der Waals surface area contributed by atoms with Crippen molar-refractivity contribution < 1.29 is 28.2 Å². The zero-order chi connectivity index (χ0) is 22.0. The summed E-state index contributed by atoms with van der Waals surface area (Å²) in [6, 6.07) is 9.14. The van der Waals surface area contributed by atoms with Crippen molar-refractivity contribution in [1.29, 1.82) is 0 Å². The summed E-state index contributed by atoms with van der Waals surface area (Å²) in [6.45, 7) is 3.57. The highest BCUT2D eigenvalue weighted by Crippen LogP contribution is 2.36. The van der Waals surface area contributed by atoms with Crippen LogP contribution in [0.15, 0.2) is 48.2 Å². The third-order valence-corrected chi connectivity index (χ3v) is 4.54. The molecule has 0 bridgehead atoms. The number of halogens is 2. The molecule has 2 aromatic carbocycles. The Morgan fingerprint density at radius 3 is 2.33 bits per heavy atom. The van der Waals surface area contributed by atoms with Crippen molar-refractivity contribution in [3.05, 3.63) is 65.4 Å². The van der Waals surface area contributed by atoms with Crippen LogP contribution in [0, 0.1) is 11.6 Å². The molecule has 8 heteroatoms. The molecule has 0 saturated heterocycles. The van der Waals surface area contributed by atoms with E-state index in [1.807, 2.05) is 13.8 Å². The van der Waals surface area contributed by atoms with Gasteiger partial charge in [-0.25, -0.2) is 13.7 Å². The van der Waals surface area contributed by atoms with Gasteiger partial charge in [-0.05, 0) is 43.7 Å². The van der Waals surface area contributed by atoms with Gasteiger partial charge in [-0.3, -0.25) is 9.59 Å². The van der Waals surface area contributed by atoms with Gasteiger partial charge in [0.05, 0.1) is 24.0 Å². The summed E-state index contributed by atoms with van der Waals surface area (Å²) >= 11 is 0. The molecule has 0 aromatic heterocycles. The van der Waals surface area contributed by atoms with Crippen LogP contribution in [0.25, 0.3) is 5.57 Å². The van der Waals surface area contributed by atoms with Crippen molar-refractivity contribution in [2.24, 2.45) is 0 Å². The Morgan fingerprint density at radius 1 is 1.07 bits per heavy atom. The third-order valence-electron chi connectivity index (χ3n) is 4.54. The van der Waals surface area contributed by atoms with Gasteiger partial charge in [0, 0.05) is 19.7 Å². The lowest BCUT2D eigenvalue weighted by Gasteiger charge is -2.20. The maximum absolute atomic E-state index is 14.3. The first kappa shape index (κ1) is 21.4. The van der Waals surface area contributed by atoms with Crippen molar-refractivity contribution in [2.75, 3.05) is 25.1 Å². The predicted octanol–water partition coefficient (Wildman–Crippen LogP) is 2.96. The van der Waals surface area contributed by atoms with Crippen LogP contribution in [0.3, 0.4) is 0 Å². The molecule has 1 heterocycles. The molecule has 0 spiro atoms. The highest BCUT2D eigenvalue weighted by Gasteiger charge is 2.42. The van der Waals surface area contributed by atoms with E-state index in [1.165, 1.54) is 4.90 Å². The fourth-order valence-corrected chi connectivity index (χ4v) is 3.24. The minimum atomic E-state index is -0.899. The first-order chi connectivity index (χ1) is 14.2. The second kappa shape index (κ2) is 8.62. The lowest BCUT2D eigenvalue weighted by molar-refractivity contribution is -0.120. The van der Waals surface area contributed by atoms with E-state index in [-0.39, 0.29) is 30.5 Å². The summed E-state index contributed by atoms with van der Waals surface area (Å²) in [5, 5.41) is 9.29. The molecule has 1 aliphatic heterocycles. The molecule has 0 saturated carbocycles. The topological polar surface area (TPSA) is 70.1 Å². The lowest BCUT2D eigenvalue weighted by atomic mass is 10.0. The molecule has 2 aromatic rings. The zero-order valence-electron chi connectivity index (χ0n) is 16.9. The number of ether oxygens (including phenoxy) is 1. The Bertz CT molecular complexity index is 1000. The molecule has 0 aliphatic carbocycles. The first-order valence-electron chi connectivity index (χ1n) is 9.41. The molecule has 30 heavy (non-hydrogen) atoms. The van der Waals surface area contributed by atoms with E-state index in [0.717, 1.165) is 18.2 Å². The van der Waals surface area contributed by atoms with Crippen LogP contribution in [0.1, 0.15) is 19.4 Å². The maximum Gasteiger partial charge on any atom is 0.282 e. The Labute approximate surface area is 173 Å². The van der Waals surface area contributed by atoms with Crippen LogP contribution >= 0.6 is 0 Å². The van der Waals surface area contributed by atoms with Crippen molar-refractivity contribution in [3.63, 3.8) is 0 Å². The molecule has 158 valence electrons. The van der Waals surface area contributed by atoms with Crippen LogP contribution in [-0.4, -0.2) is 48.1 Å². The van der Waals surface area contributed by atoms with E-state index in [9.17, 15) is 23.5 Å². The second-order valence-corrected chi connectivity index (χ2v) is 7.10. The Hall–Kier alpha value is -3.26. The highest BCUT2D eigenvalue weighted by molar-refractivity contribution is 6.45. The van der Waals surface area contributed by atoms with Crippen molar-refractivity contribution in [1.82, 2.24) is 4.90 Å². The number of likely N-dealkylation sites (N-methyl/N-ethyl adjacent to an activating group) is 1. The van der Waals surface area contributed by atoms with Crippen LogP contribution in [0.2, 0.25) is 0 Å². The molecule has 0 unspecified atom stereocenters. The molecule has 2 amide bonds. The summed E-state index contributed by atoms with van der Waals surface area (Å²) in [7, 11) is 1.54. The van der Waals surface area contributed by atoms with Gasteiger partial charge in [-0.1, -0.05) is 12.1 Å². The van der Waals surface area contributed by atoms with E-state index >= 15 is 0 Å². The van der Waals surface area contributed by atoms with Gasteiger partial charge in [-0.2, -0.15) is 0 Å². The molecule has 1 N–H and O–H groups in total. The first-order valence-corrected chi connectivity index (χ1v) is 9.41. The van der Waals surface area contributed by atoms with E-state index in [4.69, 9.17) is 4.74 Å². The molecular weight excluding hydrogens is 394 g/mol. The Balaban J connectivity index is 2.09. The fourth-order valence-electron chi connectivity index (χ4n) is 3.24. The lowest BCUT2D eigenvalue weighted by Crippen LogP contribution is -2.35. The highest BCUT2D eigenvalue weighted by atomic mass is 19.1. The number of carbonyl (C=O) groups is 2. The van der Waals surface area contributed by atoms with E-state index in [0.29, 0.717) is 16.2 Å². The van der Waals surface area contributed by atoms with Crippen LogP contribution in [-0.2, 0) is 9.59 Å². The van der Waals surface area contributed by atoms with Gasteiger partial charge in [0.2, 0.25) is 0 Å². The molecule has 0 atom stereocenters. The third kappa shape index (κ3) is 4.04. The van der Waals surface area contributed by atoms with E-state index in [2.05, 4.69) is 0 Å². The van der Waals surface area contributed by atoms with Crippen LogP contribution in [0.5, 0.6) is 5.75 Å². The van der Waals surface area contributed by atoms with Crippen molar-refractivity contribution >= 4 is 23.1 Å². The van der Waals surface area contributed by atoms with E-state index < -0.39 is 29.1 Å². The number of carbonyl (C=O) groups excluding carboxylic acids is 2. The summed E-state index contributed by atoms with van der Waals surface area (Å²) in [6.07, 6.45) is -0.0394. The Morgan fingerprint density at radius 2 is 1.73 bits per heavy atom. The Kier molecular flexibility index (Phi) is 6.17. The molecule has 3 rings (SSSR count). The number of hydrogen-bond acceptors (Lipinski definition) is 5. The summed E-state index contributed by atoms with van der Waals surface area (Å²) in [5.74, 6) is -2.66. The number of rotatable bonds is 7. The average Bonchev–Trinajstić information content (AvgIpc) is 2.94. The average molecular weight is 416 g/mol. The van der Waals surface area contributed by atoms with Gasteiger partial charge in [0.25, 0.3) is 11.8 Å². The van der Waals surface area contributed by atoms with Crippen LogP contribution < -0.4 is 9.64 Å². The predicted molar refractivity (Wildman–Crippen MR) is 108 cm³/mol. The number of benzene rings is 2. The standard InChI is InChI=1S/C22H22F2N2O4/c1-13(2)30-16-7-4-14(5-8-16)19-20(25(3)10-11-27)22(29)26(21(19)28)18-12-15(23)6-9-17(18)24/h4-9,12-13,27H,10-11H2,1-3H3. The zero-order valence-corrected chi connectivity index (χ0v) is 16.9. The number of anilines is 1. The van der Waals surface area contributed by atoms with Crippen LogP contribution in [0.4, 0.5) is 14.5 Å². The fraction of sp³-hybridized carbons (Fsp3) is 0.273. The van der Waals surface area contributed by atoms with Gasteiger partial charge >= 0.3 is 0 Å². The quantitative estimate of drug-likeness (QED) is 0.703. The second-order valence-electron chi connectivity index (χ2n) is 7.10. The summed E-state index contributed by atoms with van der Waals surface area (Å²) in [4.78, 5) is 28.3. The molecule has 1 aliphatic rings. The number of aliphatic hydroxyl groups excluding tert-OH is 1. The van der Waals surface area contributed by atoms with Crippen molar-refractivity contribution in [3.8, 4) is 5.75 Å². The minimum Gasteiger partial charge on any atom is -0.491 e. The molecule has 0 radical (unpaired) electrons. The van der Waals surface area contributed by atoms with Gasteiger partial charge in [0.1, 0.15) is 23.1 Å². The van der Waals surface area contributed by atoms with E-state index in [1.54, 1.807) is 31.3 Å². The van der Waals surface area contributed by atoms with Crippen molar-refractivity contribution in [2.45, 2.75) is 20.0 Å². The van der Waals surface area contributed by atoms with Gasteiger partial charge in [-0.15, -0.1) is 0 Å². The number of imide groups is 1. The minimum absolute atomic E-state index is 0.00441.